The van der Waals surface area contributed by atoms with E-state index in [9.17, 15) is 0 Å². The van der Waals surface area contributed by atoms with Gasteiger partial charge in [0.05, 0.1) is 18.8 Å². The number of pyridine rings is 1. The fourth-order valence-corrected chi connectivity index (χ4v) is 2.04. The summed E-state index contributed by atoms with van der Waals surface area (Å²) in [5.74, 6) is 0.532. The van der Waals surface area contributed by atoms with E-state index in [0.717, 1.165) is 24.4 Å². The molecule has 2 rings (SSSR count). The molecule has 106 valence electrons. The van der Waals surface area contributed by atoms with E-state index >= 15 is 0 Å². The zero-order valence-electron chi connectivity index (χ0n) is 12.1. The molecule has 1 unspecified atom stereocenters. The van der Waals surface area contributed by atoms with Gasteiger partial charge in [0.2, 0.25) is 5.88 Å². The summed E-state index contributed by atoms with van der Waals surface area (Å²) in [5, 5.41) is 3.46. The Balaban J connectivity index is 2.41. The average molecular weight is 272 g/mol. The zero-order chi connectivity index (χ0) is 14.4. The fraction of sp³-hybridized carbons (Fsp3) is 0.400. The molecule has 0 aliphatic heterocycles. The van der Waals surface area contributed by atoms with Crippen molar-refractivity contribution in [3.63, 3.8) is 0 Å². The third-order valence-corrected chi connectivity index (χ3v) is 2.99. The molecular formula is C15H20N4O. The minimum absolute atomic E-state index is 0.113. The summed E-state index contributed by atoms with van der Waals surface area (Å²) in [6.07, 6.45) is 6.15. The molecule has 1 N–H and O–H groups in total. The van der Waals surface area contributed by atoms with Crippen molar-refractivity contribution in [3.8, 4) is 5.88 Å². The first-order chi connectivity index (χ1) is 9.76. The van der Waals surface area contributed by atoms with Gasteiger partial charge in [-0.15, -0.1) is 0 Å². The molecule has 2 aromatic rings. The molecule has 0 spiro atoms. The molecule has 0 fully saturated rings. The van der Waals surface area contributed by atoms with Gasteiger partial charge in [-0.3, -0.25) is 9.97 Å². The number of aromatic nitrogens is 3. The van der Waals surface area contributed by atoms with Crippen molar-refractivity contribution in [1.82, 2.24) is 20.3 Å². The monoisotopic (exact) mass is 272 g/mol. The summed E-state index contributed by atoms with van der Waals surface area (Å²) in [6, 6.07) is 3.92. The summed E-state index contributed by atoms with van der Waals surface area (Å²) < 4.78 is 5.32. The van der Waals surface area contributed by atoms with Crippen LogP contribution in [0.4, 0.5) is 0 Å². The maximum atomic E-state index is 5.32. The van der Waals surface area contributed by atoms with E-state index in [-0.39, 0.29) is 6.04 Å². The number of ether oxygens (including phenoxy) is 1. The Morgan fingerprint density at radius 2 is 2.00 bits per heavy atom. The van der Waals surface area contributed by atoms with Gasteiger partial charge < -0.3 is 10.1 Å². The number of rotatable bonds is 6. The highest BCUT2D eigenvalue weighted by molar-refractivity contribution is 5.30. The van der Waals surface area contributed by atoms with Crippen LogP contribution in [0.1, 0.15) is 36.3 Å². The highest BCUT2D eigenvalue weighted by Gasteiger charge is 2.21. The molecule has 0 saturated carbocycles. The quantitative estimate of drug-likeness (QED) is 0.874. The van der Waals surface area contributed by atoms with Crippen LogP contribution < -0.4 is 10.1 Å². The molecular weight excluding hydrogens is 252 g/mol. The van der Waals surface area contributed by atoms with Crippen LogP contribution in [-0.4, -0.2) is 28.6 Å². The van der Waals surface area contributed by atoms with Crippen LogP contribution in [0.5, 0.6) is 5.88 Å². The van der Waals surface area contributed by atoms with Gasteiger partial charge in [-0.05, 0) is 37.6 Å². The van der Waals surface area contributed by atoms with Crippen LogP contribution in [0.3, 0.4) is 0 Å². The van der Waals surface area contributed by atoms with Gasteiger partial charge in [0.15, 0.2) is 0 Å². The number of hydrogen-bond donors (Lipinski definition) is 1. The second-order valence-corrected chi connectivity index (χ2v) is 4.60. The topological polar surface area (TPSA) is 59.9 Å². The smallest absolute Gasteiger partial charge is 0.237 e. The molecule has 5 heteroatoms. The minimum atomic E-state index is -0.113. The lowest BCUT2D eigenvalue weighted by atomic mass is 10.1. The van der Waals surface area contributed by atoms with E-state index in [2.05, 4.69) is 40.2 Å². The Labute approximate surface area is 119 Å². The Morgan fingerprint density at radius 1 is 1.20 bits per heavy atom. The van der Waals surface area contributed by atoms with Gasteiger partial charge in [0, 0.05) is 18.6 Å². The second kappa shape index (κ2) is 6.96. The van der Waals surface area contributed by atoms with Crippen LogP contribution >= 0.6 is 0 Å². The van der Waals surface area contributed by atoms with Crippen molar-refractivity contribution in [1.29, 1.82) is 0 Å². The molecule has 0 bridgehead atoms. The van der Waals surface area contributed by atoms with Crippen molar-refractivity contribution in [2.45, 2.75) is 26.3 Å². The van der Waals surface area contributed by atoms with Crippen molar-refractivity contribution < 1.29 is 4.74 Å². The minimum Gasteiger partial charge on any atom is -0.480 e. The van der Waals surface area contributed by atoms with E-state index in [1.807, 2.05) is 12.3 Å². The molecule has 2 aromatic heterocycles. The first-order valence-electron chi connectivity index (χ1n) is 6.77. The van der Waals surface area contributed by atoms with Crippen molar-refractivity contribution in [3.05, 3.63) is 47.7 Å². The van der Waals surface area contributed by atoms with Crippen LogP contribution in [0.15, 0.2) is 30.7 Å². The predicted molar refractivity (Wildman–Crippen MR) is 77.7 cm³/mol. The lowest BCUT2D eigenvalue weighted by Crippen LogP contribution is -2.25. The lowest BCUT2D eigenvalue weighted by Gasteiger charge is -2.19. The molecule has 0 aromatic carbocycles. The molecule has 2 heterocycles. The van der Waals surface area contributed by atoms with Crippen LogP contribution in [0, 0.1) is 6.92 Å². The second-order valence-electron chi connectivity index (χ2n) is 4.60. The van der Waals surface area contributed by atoms with Gasteiger partial charge in [-0.25, -0.2) is 4.98 Å². The van der Waals surface area contributed by atoms with Gasteiger partial charge in [0.25, 0.3) is 0 Å². The van der Waals surface area contributed by atoms with E-state index in [1.165, 1.54) is 5.56 Å². The third kappa shape index (κ3) is 3.30. The highest BCUT2D eigenvalue weighted by Crippen LogP contribution is 2.25. The number of aryl methyl sites for hydroxylation is 1. The van der Waals surface area contributed by atoms with Gasteiger partial charge >= 0.3 is 0 Å². The Morgan fingerprint density at radius 3 is 2.70 bits per heavy atom. The van der Waals surface area contributed by atoms with E-state index in [0.29, 0.717) is 5.88 Å². The Bertz CT molecular complexity index is 559. The fourth-order valence-electron chi connectivity index (χ4n) is 2.04. The van der Waals surface area contributed by atoms with Gasteiger partial charge in [-0.2, -0.15) is 0 Å². The van der Waals surface area contributed by atoms with E-state index < -0.39 is 0 Å². The summed E-state index contributed by atoms with van der Waals surface area (Å²) in [7, 11) is 1.61. The summed E-state index contributed by atoms with van der Waals surface area (Å²) in [5.41, 5.74) is 2.86. The zero-order valence-corrected chi connectivity index (χ0v) is 12.1. The molecule has 0 amide bonds. The Kier molecular flexibility index (Phi) is 5.01. The SMILES string of the molecule is CCCNC(c1cc(C)ccn1)c1nccnc1OC. The normalized spacial score (nSPS) is 12.2. The first kappa shape index (κ1) is 14.4. The maximum absolute atomic E-state index is 5.32. The number of nitrogens with one attached hydrogen (secondary N) is 1. The Hall–Kier alpha value is -2.01. The van der Waals surface area contributed by atoms with Crippen LogP contribution in [0.2, 0.25) is 0 Å². The number of hydrogen-bond acceptors (Lipinski definition) is 5. The lowest BCUT2D eigenvalue weighted by molar-refractivity contribution is 0.381. The summed E-state index contributed by atoms with van der Waals surface area (Å²) in [4.78, 5) is 13.1. The van der Waals surface area contributed by atoms with Crippen molar-refractivity contribution in [2.24, 2.45) is 0 Å². The van der Waals surface area contributed by atoms with Crippen LogP contribution in [0.25, 0.3) is 0 Å². The van der Waals surface area contributed by atoms with E-state index in [4.69, 9.17) is 4.74 Å². The molecule has 1 atom stereocenters. The van der Waals surface area contributed by atoms with Gasteiger partial charge in [-0.1, -0.05) is 6.92 Å². The molecule has 0 saturated heterocycles. The summed E-state index contributed by atoms with van der Waals surface area (Å²) >= 11 is 0. The summed E-state index contributed by atoms with van der Waals surface area (Å²) in [6.45, 7) is 5.05. The van der Waals surface area contributed by atoms with Crippen LogP contribution in [-0.2, 0) is 0 Å². The number of nitrogens with zero attached hydrogens (tertiary/aromatic N) is 3. The number of methoxy groups -OCH3 is 1. The predicted octanol–water partition coefficient (Wildman–Crippen LogP) is 2.28. The molecule has 0 radical (unpaired) electrons. The standard InChI is InChI=1S/C15H20N4O/c1-4-6-17-13(12-10-11(2)5-7-16-12)14-15(20-3)19-9-8-18-14/h5,7-10,13,17H,4,6H2,1-3H3. The van der Waals surface area contributed by atoms with Crippen molar-refractivity contribution >= 4 is 0 Å². The third-order valence-electron chi connectivity index (χ3n) is 2.99. The molecule has 5 nitrogen and oxygen atoms in total. The maximum Gasteiger partial charge on any atom is 0.237 e. The average Bonchev–Trinajstić information content (AvgIpc) is 2.48. The largest absolute Gasteiger partial charge is 0.480 e. The van der Waals surface area contributed by atoms with Crippen molar-refractivity contribution in [2.75, 3.05) is 13.7 Å². The first-order valence-corrected chi connectivity index (χ1v) is 6.77. The van der Waals surface area contributed by atoms with E-state index in [1.54, 1.807) is 19.5 Å². The van der Waals surface area contributed by atoms with Gasteiger partial charge in [0.1, 0.15) is 5.69 Å². The molecule has 0 aliphatic rings. The molecule has 0 aliphatic carbocycles. The molecule has 20 heavy (non-hydrogen) atoms. The highest BCUT2D eigenvalue weighted by atomic mass is 16.5.